The van der Waals surface area contributed by atoms with Gasteiger partial charge in [-0.1, -0.05) is 13.0 Å². The fourth-order valence-corrected chi connectivity index (χ4v) is 1.47. The van der Waals surface area contributed by atoms with Crippen molar-refractivity contribution in [1.82, 2.24) is 5.32 Å². The highest BCUT2D eigenvalue weighted by Crippen LogP contribution is 2.28. The first-order valence-electron chi connectivity index (χ1n) is 5.96. The van der Waals surface area contributed by atoms with Crippen LogP contribution in [0.1, 0.15) is 18.9 Å². The van der Waals surface area contributed by atoms with Crippen LogP contribution in [0, 0.1) is 0 Å². The molecule has 18 heavy (non-hydrogen) atoms. The molecule has 1 rings (SSSR count). The number of hydrogen-bond acceptors (Lipinski definition) is 4. The van der Waals surface area contributed by atoms with Gasteiger partial charge in [0.05, 0.1) is 20.1 Å². The van der Waals surface area contributed by atoms with Crippen molar-refractivity contribution in [3.63, 3.8) is 0 Å². The molecule has 5 heteroatoms. The number of nitrogens with two attached hydrogens (primary N) is 1. The zero-order chi connectivity index (χ0) is 13.4. The zero-order valence-corrected chi connectivity index (χ0v) is 10.9. The van der Waals surface area contributed by atoms with Gasteiger partial charge in [-0.05, 0) is 24.2 Å². The number of amides is 1. The zero-order valence-electron chi connectivity index (χ0n) is 10.9. The lowest BCUT2D eigenvalue weighted by molar-refractivity contribution is -0.118. The molecule has 0 spiro atoms. The average Bonchev–Trinajstić information content (AvgIpc) is 2.36. The highest BCUT2D eigenvalue weighted by molar-refractivity contribution is 5.73. The standard InChI is InChI=1S/C13H20N2O3/c1-3-15-9-10-4-5-11(12(8-10)17-2)18-7-6-13(14)16/h4-5,8,15H,3,6-7,9H2,1-2H3,(H2,14,16). The molecule has 1 amide bonds. The number of hydrogen-bond donors (Lipinski definition) is 2. The Morgan fingerprint density at radius 1 is 1.39 bits per heavy atom. The Morgan fingerprint density at radius 3 is 2.78 bits per heavy atom. The predicted octanol–water partition coefficient (Wildman–Crippen LogP) is 1.06. The molecule has 0 atom stereocenters. The van der Waals surface area contributed by atoms with Crippen molar-refractivity contribution in [3.05, 3.63) is 23.8 Å². The second-order valence-corrected chi connectivity index (χ2v) is 3.83. The van der Waals surface area contributed by atoms with E-state index in [9.17, 15) is 4.79 Å². The molecular weight excluding hydrogens is 232 g/mol. The lowest BCUT2D eigenvalue weighted by atomic mass is 10.2. The quantitative estimate of drug-likeness (QED) is 0.725. The van der Waals surface area contributed by atoms with Gasteiger partial charge in [-0.3, -0.25) is 4.79 Å². The first-order valence-corrected chi connectivity index (χ1v) is 5.96. The van der Waals surface area contributed by atoms with E-state index in [1.165, 1.54) is 0 Å². The maximum atomic E-state index is 10.6. The van der Waals surface area contributed by atoms with Crippen LogP contribution in [-0.4, -0.2) is 26.2 Å². The molecule has 0 radical (unpaired) electrons. The molecule has 0 saturated carbocycles. The van der Waals surface area contributed by atoms with Crippen molar-refractivity contribution < 1.29 is 14.3 Å². The van der Waals surface area contributed by atoms with Gasteiger partial charge in [0.15, 0.2) is 11.5 Å². The van der Waals surface area contributed by atoms with Crippen LogP contribution in [0.25, 0.3) is 0 Å². The summed E-state index contributed by atoms with van der Waals surface area (Å²) in [5, 5.41) is 3.24. The first-order chi connectivity index (χ1) is 8.67. The number of carbonyl (C=O) groups excluding carboxylic acids is 1. The van der Waals surface area contributed by atoms with E-state index in [1.807, 2.05) is 18.2 Å². The van der Waals surface area contributed by atoms with E-state index in [0.717, 1.165) is 18.7 Å². The second kappa shape index (κ2) is 7.55. The number of nitrogens with one attached hydrogen (secondary N) is 1. The minimum atomic E-state index is -0.377. The molecule has 1 aromatic rings. The van der Waals surface area contributed by atoms with E-state index in [1.54, 1.807) is 7.11 Å². The Kier molecular flexibility index (Phi) is 6.00. The van der Waals surface area contributed by atoms with E-state index in [-0.39, 0.29) is 18.9 Å². The summed E-state index contributed by atoms with van der Waals surface area (Å²) in [6, 6.07) is 5.72. The molecule has 0 fully saturated rings. The van der Waals surface area contributed by atoms with Gasteiger partial charge >= 0.3 is 0 Å². The van der Waals surface area contributed by atoms with Gasteiger partial charge in [0.25, 0.3) is 0 Å². The lowest BCUT2D eigenvalue weighted by Crippen LogP contribution is -2.15. The van der Waals surface area contributed by atoms with E-state index in [4.69, 9.17) is 15.2 Å². The van der Waals surface area contributed by atoms with Gasteiger partial charge in [-0.2, -0.15) is 0 Å². The molecule has 0 saturated heterocycles. The van der Waals surface area contributed by atoms with Crippen molar-refractivity contribution in [2.24, 2.45) is 5.73 Å². The molecule has 0 bridgehead atoms. The molecule has 3 N–H and O–H groups in total. The number of primary amides is 1. The maximum Gasteiger partial charge on any atom is 0.220 e. The third kappa shape index (κ3) is 4.63. The van der Waals surface area contributed by atoms with Crippen LogP contribution < -0.4 is 20.5 Å². The van der Waals surface area contributed by atoms with E-state index in [2.05, 4.69) is 12.2 Å². The molecule has 0 unspecified atom stereocenters. The summed E-state index contributed by atoms with van der Waals surface area (Å²) in [5.74, 6) is 0.909. The molecule has 0 aliphatic carbocycles. The van der Waals surface area contributed by atoms with Gasteiger partial charge < -0.3 is 20.5 Å². The van der Waals surface area contributed by atoms with Crippen molar-refractivity contribution in [3.8, 4) is 11.5 Å². The van der Waals surface area contributed by atoms with Crippen LogP contribution in [-0.2, 0) is 11.3 Å². The third-order valence-corrected chi connectivity index (χ3v) is 2.41. The Labute approximate surface area is 107 Å². The Balaban J connectivity index is 2.64. The van der Waals surface area contributed by atoms with Crippen LogP contribution in [0.15, 0.2) is 18.2 Å². The highest BCUT2D eigenvalue weighted by atomic mass is 16.5. The summed E-state index contributed by atoms with van der Waals surface area (Å²) < 4.78 is 10.7. The average molecular weight is 252 g/mol. The summed E-state index contributed by atoms with van der Waals surface area (Å²) in [6.45, 7) is 4.02. The van der Waals surface area contributed by atoms with Gasteiger partial charge in [0.2, 0.25) is 5.91 Å². The van der Waals surface area contributed by atoms with Crippen molar-refractivity contribution in [2.75, 3.05) is 20.3 Å². The van der Waals surface area contributed by atoms with Crippen molar-refractivity contribution in [1.29, 1.82) is 0 Å². The number of benzene rings is 1. The molecule has 100 valence electrons. The molecular formula is C13H20N2O3. The second-order valence-electron chi connectivity index (χ2n) is 3.83. The first kappa shape index (κ1) is 14.3. The van der Waals surface area contributed by atoms with Crippen molar-refractivity contribution in [2.45, 2.75) is 19.9 Å². The molecule has 1 aromatic carbocycles. The van der Waals surface area contributed by atoms with Crippen LogP contribution >= 0.6 is 0 Å². The van der Waals surface area contributed by atoms with E-state index in [0.29, 0.717) is 11.5 Å². The Morgan fingerprint density at radius 2 is 2.17 bits per heavy atom. The molecule has 0 aliphatic heterocycles. The fraction of sp³-hybridized carbons (Fsp3) is 0.462. The van der Waals surface area contributed by atoms with Gasteiger partial charge in [0.1, 0.15) is 0 Å². The molecule has 0 aliphatic rings. The monoisotopic (exact) mass is 252 g/mol. The van der Waals surface area contributed by atoms with Crippen LogP contribution in [0.3, 0.4) is 0 Å². The van der Waals surface area contributed by atoms with E-state index < -0.39 is 0 Å². The molecule has 0 aromatic heterocycles. The molecule has 5 nitrogen and oxygen atoms in total. The Hall–Kier alpha value is -1.75. The summed E-state index contributed by atoms with van der Waals surface area (Å²) in [6.07, 6.45) is 0.197. The SMILES string of the molecule is CCNCc1ccc(OCCC(N)=O)c(OC)c1. The predicted molar refractivity (Wildman–Crippen MR) is 69.7 cm³/mol. The highest BCUT2D eigenvalue weighted by Gasteiger charge is 2.06. The van der Waals surface area contributed by atoms with Crippen molar-refractivity contribution >= 4 is 5.91 Å². The summed E-state index contributed by atoms with van der Waals surface area (Å²) >= 11 is 0. The number of rotatable bonds is 8. The molecule has 0 heterocycles. The smallest absolute Gasteiger partial charge is 0.220 e. The number of methoxy groups -OCH3 is 1. The van der Waals surface area contributed by atoms with Gasteiger partial charge in [-0.15, -0.1) is 0 Å². The lowest BCUT2D eigenvalue weighted by Gasteiger charge is -2.12. The van der Waals surface area contributed by atoms with Crippen LogP contribution in [0.5, 0.6) is 11.5 Å². The summed E-state index contributed by atoms with van der Waals surface area (Å²) in [7, 11) is 1.59. The van der Waals surface area contributed by atoms with Gasteiger partial charge in [-0.25, -0.2) is 0 Å². The van der Waals surface area contributed by atoms with E-state index >= 15 is 0 Å². The van der Waals surface area contributed by atoms with Crippen LogP contribution in [0.2, 0.25) is 0 Å². The summed E-state index contributed by atoms with van der Waals surface area (Å²) in [4.78, 5) is 10.6. The largest absolute Gasteiger partial charge is 0.493 e. The Bertz CT molecular complexity index is 394. The summed E-state index contributed by atoms with van der Waals surface area (Å²) in [5.41, 5.74) is 6.17. The minimum Gasteiger partial charge on any atom is -0.493 e. The minimum absolute atomic E-state index is 0.197. The fourth-order valence-electron chi connectivity index (χ4n) is 1.47. The normalized spacial score (nSPS) is 10.1. The van der Waals surface area contributed by atoms with Gasteiger partial charge in [0, 0.05) is 6.54 Å². The van der Waals surface area contributed by atoms with Crippen LogP contribution in [0.4, 0.5) is 0 Å². The number of carbonyl (C=O) groups is 1. The number of ether oxygens (including phenoxy) is 2. The maximum absolute atomic E-state index is 10.6. The third-order valence-electron chi connectivity index (χ3n) is 2.41. The topological polar surface area (TPSA) is 73.6 Å².